The van der Waals surface area contributed by atoms with Crippen molar-refractivity contribution in [1.29, 1.82) is 0 Å². The average molecular weight is 304 g/mol. The number of carbonyl (C=O) groups excluding carboxylic acids is 2. The monoisotopic (exact) mass is 304 g/mol. The van der Waals surface area contributed by atoms with Crippen LogP contribution in [0, 0.1) is 11.6 Å². The number of benzene rings is 2. The van der Waals surface area contributed by atoms with Crippen molar-refractivity contribution in [3.63, 3.8) is 0 Å². The number of hydrogen-bond donors (Lipinski definition) is 2. The summed E-state index contributed by atoms with van der Waals surface area (Å²) in [6, 6.07) is 9.78. The van der Waals surface area contributed by atoms with E-state index in [0.29, 0.717) is 0 Å². The van der Waals surface area contributed by atoms with Gasteiger partial charge < -0.3 is 10.6 Å². The number of halogens is 2. The van der Waals surface area contributed by atoms with Gasteiger partial charge in [0.15, 0.2) is 0 Å². The van der Waals surface area contributed by atoms with Gasteiger partial charge in [0.05, 0.1) is 5.69 Å². The predicted molar refractivity (Wildman–Crippen MR) is 78.4 cm³/mol. The van der Waals surface area contributed by atoms with Crippen molar-refractivity contribution >= 4 is 17.5 Å². The van der Waals surface area contributed by atoms with Crippen LogP contribution in [0.3, 0.4) is 0 Å². The molecule has 0 fully saturated rings. The molecule has 0 radical (unpaired) electrons. The first-order valence-electron chi connectivity index (χ1n) is 6.59. The van der Waals surface area contributed by atoms with Gasteiger partial charge in [-0.2, -0.15) is 0 Å². The average Bonchev–Trinajstić information content (AvgIpc) is 2.50. The molecule has 0 aliphatic rings. The summed E-state index contributed by atoms with van der Waals surface area (Å²) in [5.41, 5.74) is 0.266. The Labute approximate surface area is 126 Å². The van der Waals surface area contributed by atoms with Gasteiger partial charge in [0, 0.05) is 5.56 Å². The molecule has 0 saturated heterocycles. The van der Waals surface area contributed by atoms with Crippen LogP contribution in [-0.2, 0) is 4.79 Å². The summed E-state index contributed by atoms with van der Waals surface area (Å²) >= 11 is 0. The summed E-state index contributed by atoms with van der Waals surface area (Å²) in [4.78, 5) is 23.8. The number of anilines is 1. The maximum Gasteiger partial charge on any atom is 0.251 e. The molecule has 22 heavy (non-hydrogen) atoms. The molecule has 1 atom stereocenters. The van der Waals surface area contributed by atoms with Gasteiger partial charge in [0.25, 0.3) is 5.91 Å². The van der Waals surface area contributed by atoms with E-state index in [4.69, 9.17) is 0 Å². The van der Waals surface area contributed by atoms with Crippen LogP contribution < -0.4 is 10.6 Å². The summed E-state index contributed by atoms with van der Waals surface area (Å²) in [7, 11) is 0. The summed E-state index contributed by atoms with van der Waals surface area (Å²) in [6.45, 7) is 1.47. The number of rotatable bonds is 4. The van der Waals surface area contributed by atoms with E-state index in [1.54, 1.807) is 6.07 Å². The maximum absolute atomic E-state index is 13.4. The van der Waals surface area contributed by atoms with Gasteiger partial charge in [-0.1, -0.05) is 12.1 Å². The number of nitrogens with one attached hydrogen (secondary N) is 2. The highest BCUT2D eigenvalue weighted by atomic mass is 19.1. The Bertz CT molecular complexity index is 687. The summed E-state index contributed by atoms with van der Waals surface area (Å²) in [5, 5.41) is 4.85. The number of amides is 2. The molecule has 0 aliphatic carbocycles. The predicted octanol–water partition coefficient (Wildman–Crippen LogP) is 2.72. The molecule has 0 bridgehead atoms. The minimum Gasteiger partial charge on any atom is -0.341 e. The van der Waals surface area contributed by atoms with Crippen molar-refractivity contribution in [3.05, 3.63) is 65.7 Å². The van der Waals surface area contributed by atoms with Crippen LogP contribution in [0.4, 0.5) is 14.5 Å². The standard InChI is InChI=1S/C16H14F2N2O2/c1-10(15(21)20-14-5-3-2-4-13(14)18)19-16(22)11-6-8-12(17)9-7-11/h2-10H,1H3,(H,19,22)(H,20,21)/t10-/m1/s1. The van der Waals surface area contributed by atoms with Crippen molar-refractivity contribution < 1.29 is 18.4 Å². The van der Waals surface area contributed by atoms with Crippen LogP contribution in [0.15, 0.2) is 48.5 Å². The fraction of sp³-hybridized carbons (Fsp3) is 0.125. The molecule has 0 saturated carbocycles. The minimum absolute atomic E-state index is 0.0374. The first-order valence-corrected chi connectivity index (χ1v) is 6.59. The number of hydrogen-bond acceptors (Lipinski definition) is 2. The second kappa shape index (κ2) is 6.80. The second-order valence-corrected chi connectivity index (χ2v) is 4.67. The third-order valence-corrected chi connectivity index (χ3v) is 2.98. The van der Waals surface area contributed by atoms with Crippen LogP contribution >= 0.6 is 0 Å². The first-order chi connectivity index (χ1) is 10.5. The SMILES string of the molecule is C[C@@H](NC(=O)c1ccc(F)cc1)C(=O)Nc1ccccc1F. The molecular weight excluding hydrogens is 290 g/mol. The lowest BCUT2D eigenvalue weighted by molar-refractivity contribution is -0.117. The fourth-order valence-corrected chi connectivity index (χ4v) is 1.75. The quantitative estimate of drug-likeness (QED) is 0.912. The molecule has 0 unspecified atom stereocenters. The Kier molecular flexibility index (Phi) is 4.83. The Hall–Kier alpha value is -2.76. The zero-order chi connectivity index (χ0) is 16.1. The van der Waals surface area contributed by atoms with Gasteiger partial charge in [0.2, 0.25) is 5.91 Å². The minimum atomic E-state index is -0.878. The zero-order valence-corrected chi connectivity index (χ0v) is 11.8. The summed E-state index contributed by atoms with van der Waals surface area (Å²) in [6.07, 6.45) is 0. The molecule has 2 aromatic rings. The topological polar surface area (TPSA) is 58.2 Å². The maximum atomic E-state index is 13.4. The zero-order valence-electron chi connectivity index (χ0n) is 11.8. The largest absolute Gasteiger partial charge is 0.341 e. The number of para-hydroxylation sites is 1. The Morgan fingerprint density at radius 3 is 2.27 bits per heavy atom. The highest BCUT2D eigenvalue weighted by Crippen LogP contribution is 2.12. The molecule has 0 aromatic heterocycles. The van der Waals surface area contributed by atoms with Gasteiger partial charge >= 0.3 is 0 Å². The van der Waals surface area contributed by atoms with Crippen molar-refractivity contribution in [3.8, 4) is 0 Å². The van der Waals surface area contributed by atoms with Crippen LogP contribution in [0.1, 0.15) is 17.3 Å². The summed E-state index contributed by atoms with van der Waals surface area (Å²) in [5.74, 6) is -2.09. The number of carbonyl (C=O) groups is 2. The summed E-state index contributed by atoms with van der Waals surface area (Å²) < 4.78 is 26.2. The Morgan fingerprint density at radius 2 is 1.64 bits per heavy atom. The molecule has 0 spiro atoms. The second-order valence-electron chi connectivity index (χ2n) is 4.67. The Morgan fingerprint density at radius 1 is 1.00 bits per heavy atom. The van der Waals surface area contributed by atoms with Crippen molar-refractivity contribution in [2.45, 2.75) is 13.0 Å². The van der Waals surface area contributed by atoms with Gasteiger partial charge in [0.1, 0.15) is 17.7 Å². The molecule has 0 aliphatic heterocycles. The van der Waals surface area contributed by atoms with E-state index in [-0.39, 0.29) is 11.3 Å². The molecular formula is C16H14F2N2O2. The normalized spacial score (nSPS) is 11.6. The van der Waals surface area contributed by atoms with E-state index in [2.05, 4.69) is 10.6 Å². The fourth-order valence-electron chi connectivity index (χ4n) is 1.75. The molecule has 6 heteroatoms. The van der Waals surface area contributed by atoms with Crippen molar-refractivity contribution in [2.24, 2.45) is 0 Å². The van der Waals surface area contributed by atoms with Crippen molar-refractivity contribution in [2.75, 3.05) is 5.32 Å². The lowest BCUT2D eigenvalue weighted by Crippen LogP contribution is -2.41. The van der Waals surface area contributed by atoms with Crippen LogP contribution in [0.25, 0.3) is 0 Å². The molecule has 2 N–H and O–H groups in total. The first kappa shape index (κ1) is 15.6. The van der Waals surface area contributed by atoms with Crippen LogP contribution in [0.2, 0.25) is 0 Å². The van der Waals surface area contributed by atoms with Crippen LogP contribution in [-0.4, -0.2) is 17.9 Å². The molecule has 2 rings (SSSR count). The molecule has 2 aromatic carbocycles. The molecule has 2 amide bonds. The van der Waals surface area contributed by atoms with Crippen molar-refractivity contribution in [1.82, 2.24) is 5.32 Å². The highest BCUT2D eigenvalue weighted by molar-refractivity contribution is 6.00. The van der Waals surface area contributed by atoms with E-state index in [1.807, 2.05) is 0 Å². The van der Waals surface area contributed by atoms with E-state index < -0.39 is 29.5 Å². The molecule has 4 nitrogen and oxygen atoms in total. The third-order valence-electron chi connectivity index (χ3n) is 2.98. The highest BCUT2D eigenvalue weighted by Gasteiger charge is 2.17. The smallest absolute Gasteiger partial charge is 0.251 e. The lowest BCUT2D eigenvalue weighted by atomic mass is 10.2. The molecule has 114 valence electrons. The van der Waals surface area contributed by atoms with Gasteiger partial charge in [-0.3, -0.25) is 9.59 Å². The molecule has 0 heterocycles. The van der Waals surface area contributed by atoms with E-state index in [9.17, 15) is 18.4 Å². The van der Waals surface area contributed by atoms with Gasteiger partial charge in [-0.25, -0.2) is 8.78 Å². The van der Waals surface area contributed by atoms with E-state index >= 15 is 0 Å². The van der Waals surface area contributed by atoms with Crippen LogP contribution in [0.5, 0.6) is 0 Å². The third kappa shape index (κ3) is 3.88. The van der Waals surface area contributed by atoms with Gasteiger partial charge in [-0.15, -0.1) is 0 Å². The van der Waals surface area contributed by atoms with Gasteiger partial charge in [-0.05, 0) is 43.3 Å². The Balaban J connectivity index is 1.98. The van der Waals surface area contributed by atoms with E-state index in [0.717, 1.165) is 12.1 Å². The lowest BCUT2D eigenvalue weighted by Gasteiger charge is -2.14. The van der Waals surface area contributed by atoms with E-state index in [1.165, 1.54) is 37.3 Å².